The second-order valence-corrected chi connectivity index (χ2v) is 6.35. The standard InChI is InChI=1S/C16H33NO3/c1-4-6-7-14(5-2)11-20-12-15(18)10-17-16(3)8-9-19-13-16/h14-15,17-18H,4-13H2,1-3H3. The van der Waals surface area contributed by atoms with E-state index in [2.05, 4.69) is 26.1 Å². The van der Waals surface area contributed by atoms with Crippen LogP contribution in [0.1, 0.15) is 52.9 Å². The van der Waals surface area contributed by atoms with Gasteiger partial charge in [0.2, 0.25) is 0 Å². The Labute approximate surface area is 124 Å². The van der Waals surface area contributed by atoms with E-state index in [1.165, 1.54) is 19.3 Å². The van der Waals surface area contributed by atoms with Crippen LogP contribution >= 0.6 is 0 Å². The van der Waals surface area contributed by atoms with Gasteiger partial charge in [0.05, 0.1) is 19.3 Å². The number of ether oxygens (including phenoxy) is 2. The van der Waals surface area contributed by atoms with Crippen LogP contribution in [0.2, 0.25) is 0 Å². The van der Waals surface area contributed by atoms with Crippen LogP contribution in [0.5, 0.6) is 0 Å². The molecule has 0 radical (unpaired) electrons. The van der Waals surface area contributed by atoms with Crippen molar-refractivity contribution >= 4 is 0 Å². The molecule has 120 valence electrons. The minimum absolute atomic E-state index is 0.0219. The highest BCUT2D eigenvalue weighted by Crippen LogP contribution is 2.17. The molecule has 1 aliphatic heterocycles. The summed E-state index contributed by atoms with van der Waals surface area (Å²) < 4.78 is 11.1. The predicted octanol–water partition coefficient (Wildman–Crippen LogP) is 2.35. The van der Waals surface area contributed by atoms with Crippen molar-refractivity contribution in [2.24, 2.45) is 5.92 Å². The zero-order valence-electron chi connectivity index (χ0n) is 13.5. The minimum atomic E-state index is -0.434. The van der Waals surface area contributed by atoms with Crippen molar-refractivity contribution in [1.82, 2.24) is 5.32 Å². The van der Waals surface area contributed by atoms with Crippen molar-refractivity contribution in [3.63, 3.8) is 0 Å². The molecule has 0 bridgehead atoms. The maximum Gasteiger partial charge on any atom is 0.0897 e. The Hall–Kier alpha value is -0.160. The van der Waals surface area contributed by atoms with E-state index in [0.29, 0.717) is 19.1 Å². The minimum Gasteiger partial charge on any atom is -0.389 e. The summed E-state index contributed by atoms with van der Waals surface area (Å²) in [6.45, 7) is 9.89. The number of β-amino-alcohol motifs (C(OH)–C–C–N with tert-alkyl or cyclic N) is 1. The van der Waals surface area contributed by atoms with Gasteiger partial charge in [-0.15, -0.1) is 0 Å². The van der Waals surface area contributed by atoms with Crippen LogP contribution < -0.4 is 5.32 Å². The highest BCUT2D eigenvalue weighted by molar-refractivity contribution is 4.87. The van der Waals surface area contributed by atoms with Crippen LogP contribution in [0.15, 0.2) is 0 Å². The van der Waals surface area contributed by atoms with Crippen LogP contribution in [0, 0.1) is 5.92 Å². The summed E-state index contributed by atoms with van der Waals surface area (Å²) in [7, 11) is 0. The number of hydrogen-bond acceptors (Lipinski definition) is 4. The Kier molecular flexibility index (Phi) is 8.69. The summed E-state index contributed by atoms with van der Waals surface area (Å²) in [4.78, 5) is 0. The van der Waals surface area contributed by atoms with Gasteiger partial charge >= 0.3 is 0 Å². The number of nitrogens with one attached hydrogen (secondary N) is 1. The molecule has 0 aliphatic carbocycles. The molecule has 0 aromatic rings. The van der Waals surface area contributed by atoms with Crippen molar-refractivity contribution in [2.75, 3.05) is 33.0 Å². The second-order valence-electron chi connectivity index (χ2n) is 6.35. The van der Waals surface area contributed by atoms with Crippen LogP contribution in [-0.2, 0) is 9.47 Å². The SMILES string of the molecule is CCCCC(CC)COCC(O)CNC1(C)CCOC1. The lowest BCUT2D eigenvalue weighted by Crippen LogP contribution is -2.47. The van der Waals surface area contributed by atoms with E-state index in [-0.39, 0.29) is 5.54 Å². The van der Waals surface area contributed by atoms with Gasteiger partial charge in [0, 0.05) is 25.3 Å². The molecule has 1 saturated heterocycles. The largest absolute Gasteiger partial charge is 0.389 e. The normalized spacial score (nSPS) is 25.8. The number of aliphatic hydroxyl groups is 1. The monoisotopic (exact) mass is 287 g/mol. The highest BCUT2D eigenvalue weighted by atomic mass is 16.5. The van der Waals surface area contributed by atoms with E-state index in [4.69, 9.17) is 9.47 Å². The molecule has 0 saturated carbocycles. The van der Waals surface area contributed by atoms with Gasteiger partial charge in [-0.3, -0.25) is 0 Å². The molecule has 0 amide bonds. The number of unbranched alkanes of at least 4 members (excludes halogenated alkanes) is 1. The van der Waals surface area contributed by atoms with E-state index in [9.17, 15) is 5.11 Å². The van der Waals surface area contributed by atoms with Gasteiger partial charge in [-0.1, -0.05) is 33.1 Å². The lowest BCUT2D eigenvalue weighted by atomic mass is 10.0. The van der Waals surface area contributed by atoms with Gasteiger partial charge in [-0.25, -0.2) is 0 Å². The fourth-order valence-electron chi connectivity index (χ4n) is 2.50. The van der Waals surface area contributed by atoms with Crippen molar-refractivity contribution in [1.29, 1.82) is 0 Å². The molecular weight excluding hydrogens is 254 g/mol. The zero-order valence-corrected chi connectivity index (χ0v) is 13.5. The average Bonchev–Trinajstić information content (AvgIpc) is 2.88. The van der Waals surface area contributed by atoms with E-state index < -0.39 is 6.10 Å². The number of rotatable bonds is 11. The summed E-state index contributed by atoms with van der Waals surface area (Å²) in [6, 6.07) is 0. The molecule has 3 atom stereocenters. The summed E-state index contributed by atoms with van der Waals surface area (Å²) in [5, 5.41) is 13.3. The number of hydrogen-bond donors (Lipinski definition) is 2. The molecule has 1 fully saturated rings. The quantitative estimate of drug-likeness (QED) is 0.612. The summed E-state index contributed by atoms with van der Waals surface area (Å²) >= 11 is 0. The van der Waals surface area contributed by atoms with Gasteiger partial charge < -0.3 is 19.9 Å². The first-order valence-electron chi connectivity index (χ1n) is 8.18. The third kappa shape index (κ3) is 7.02. The Balaban J connectivity index is 2.08. The molecule has 20 heavy (non-hydrogen) atoms. The summed E-state index contributed by atoms with van der Waals surface area (Å²) in [6.07, 6.45) is 5.47. The highest BCUT2D eigenvalue weighted by Gasteiger charge is 2.29. The molecule has 3 unspecified atom stereocenters. The lowest BCUT2D eigenvalue weighted by molar-refractivity contribution is 0.0159. The van der Waals surface area contributed by atoms with Crippen molar-refractivity contribution in [2.45, 2.75) is 64.5 Å². The second kappa shape index (κ2) is 9.72. The Morgan fingerprint density at radius 3 is 2.75 bits per heavy atom. The van der Waals surface area contributed by atoms with E-state index >= 15 is 0 Å². The van der Waals surface area contributed by atoms with Crippen LogP contribution in [0.3, 0.4) is 0 Å². The lowest BCUT2D eigenvalue weighted by Gasteiger charge is -2.25. The first-order chi connectivity index (χ1) is 9.59. The van der Waals surface area contributed by atoms with Crippen molar-refractivity contribution in [3.8, 4) is 0 Å². The third-order valence-corrected chi connectivity index (χ3v) is 4.19. The van der Waals surface area contributed by atoms with Gasteiger partial charge in [-0.05, 0) is 25.7 Å². The van der Waals surface area contributed by atoms with Gasteiger partial charge in [0.25, 0.3) is 0 Å². The zero-order chi connectivity index (χ0) is 14.8. The summed E-state index contributed by atoms with van der Waals surface area (Å²) in [5.41, 5.74) is 0.0219. The molecular formula is C16H33NO3. The maximum absolute atomic E-state index is 9.96. The number of aliphatic hydroxyl groups excluding tert-OH is 1. The smallest absolute Gasteiger partial charge is 0.0897 e. The molecule has 1 heterocycles. The van der Waals surface area contributed by atoms with Gasteiger partial charge in [0.1, 0.15) is 0 Å². The molecule has 0 spiro atoms. The van der Waals surface area contributed by atoms with Crippen molar-refractivity contribution < 1.29 is 14.6 Å². The molecule has 4 heteroatoms. The Bertz CT molecular complexity index is 242. The third-order valence-electron chi connectivity index (χ3n) is 4.19. The molecule has 0 aromatic heterocycles. The average molecular weight is 287 g/mol. The molecule has 0 aromatic carbocycles. The van der Waals surface area contributed by atoms with Crippen LogP contribution in [0.4, 0.5) is 0 Å². The fourth-order valence-corrected chi connectivity index (χ4v) is 2.50. The Morgan fingerprint density at radius 2 is 2.15 bits per heavy atom. The topological polar surface area (TPSA) is 50.7 Å². The Morgan fingerprint density at radius 1 is 1.35 bits per heavy atom. The van der Waals surface area contributed by atoms with Crippen molar-refractivity contribution in [3.05, 3.63) is 0 Å². The summed E-state index contributed by atoms with van der Waals surface area (Å²) in [5.74, 6) is 0.635. The maximum atomic E-state index is 9.96. The molecule has 1 rings (SSSR count). The van der Waals surface area contributed by atoms with E-state index in [1.54, 1.807) is 0 Å². The van der Waals surface area contributed by atoms with E-state index in [1.807, 2.05) is 0 Å². The first-order valence-corrected chi connectivity index (χ1v) is 8.18. The van der Waals surface area contributed by atoms with Crippen LogP contribution in [0.25, 0.3) is 0 Å². The predicted molar refractivity (Wildman–Crippen MR) is 82.0 cm³/mol. The molecule has 1 aliphatic rings. The van der Waals surface area contributed by atoms with E-state index in [0.717, 1.165) is 32.7 Å². The van der Waals surface area contributed by atoms with Crippen LogP contribution in [-0.4, -0.2) is 49.7 Å². The molecule has 2 N–H and O–H groups in total. The van der Waals surface area contributed by atoms with Gasteiger partial charge in [0.15, 0.2) is 0 Å². The first kappa shape index (κ1) is 17.9. The fraction of sp³-hybridized carbons (Fsp3) is 1.00. The molecule has 4 nitrogen and oxygen atoms in total. The van der Waals surface area contributed by atoms with Gasteiger partial charge in [-0.2, -0.15) is 0 Å².